The first-order valence-corrected chi connectivity index (χ1v) is 17.9. The summed E-state index contributed by atoms with van der Waals surface area (Å²) in [6, 6.07) is 5.58. The largest absolute Gasteiger partial charge is 0.474 e. The Labute approximate surface area is 306 Å². The highest BCUT2D eigenvalue weighted by atomic mass is 35.5. The van der Waals surface area contributed by atoms with Crippen molar-refractivity contribution in [3.05, 3.63) is 80.3 Å². The molecule has 0 unspecified atom stereocenters. The van der Waals surface area contributed by atoms with Crippen LogP contribution >= 0.6 is 22.9 Å². The molecule has 2 aliphatic rings. The van der Waals surface area contributed by atoms with Crippen LogP contribution in [0.5, 0.6) is 5.75 Å². The molecule has 1 saturated heterocycles. The molecule has 2 amide bonds. The maximum absolute atomic E-state index is 15.1. The van der Waals surface area contributed by atoms with Gasteiger partial charge >= 0.3 is 12.4 Å². The number of benzene rings is 1. The minimum atomic E-state index is -4.89. The van der Waals surface area contributed by atoms with Crippen molar-refractivity contribution in [2.75, 3.05) is 60.2 Å². The molecular weight excluding hydrogens is 738 g/mol. The van der Waals surface area contributed by atoms with Crippen LogP contribution in [0, 0.1) is 0 Å². The van der Waals surface area contributed by atoms with E-state index in [9.17, 15) is 31.1 Å². The fourth-order valence-corrected chi connectivity index (χ4v) is 7.74. The van der Waals surface area contributed by atoms with E-state index in [2.05, 4.69) is 4.98 Å². The van der Waals surface area contributed by atoms with Crippen LogP contribution in [-0.4, -0.2) is 103 Å². The van der Waals surface area contributed by atoms with Crippen molar-refractivity contribution in [3.63, 3.8) is 0 Å². The van der Waals surface area contributed by atoms with Crippen LogP contribution in [0.4, 0.5) is 26.3 Å². The lowest BCUT2D eigenvalue weighted by Gasteiger charge is -2.50. The van der Waals surface area contributed by atoms with Gasteiger partial charge in [0.1, 0.15) is 10.6 Å². The number of halogens is 7. The first-order chi connectivity index (χ1) is 24.7. The number of fused-ring (bicyclic) bond motifs is 1. The van der Waals surface area contributed by atoms with Gasteiger partial charge in [0.2, 0.25) is 5.60 Å². The van der Waals surface area contributed by atoms with Gasteiger partial charge < -0.3 is 24.0 Å². The Bertz CT molecular complexity index is 1700. The Balaban J connectivity index is 1.62. The predicted molar refractivity (Wildman–Crippen MR) is 181 cm³/mol. The molecule has 0 saturated carbocycles. The SMILES string of the molecule is COCCN(CCOC)CC[C@H]1N(C(=O)c2cnccc2C(F)(F)F)CCC[C@@]1(Oc1csc(C(F)(F)F)c1)C(=O)N1CCc2cc(Cl)ccc2C1. The van der Waals surface area contributed by atoms with Gasteiger partial charge in [-0.25, -0.2) is 0 Å². The van der Waals surface area contributed by atoms with Gasteiger partial charge in [0.05, 0.1) is 30.4 Å². The highest BCUT2D eigenvalue weighted by molar-refractivity contribution is 7.10. The van der Waals surface area contributed by atoms with E-state index < -0.39 is 51.8 Å². The van der Waals surface area contributed by atoms with Crippen molar-refractivity contribution in [2.45, 2.75) is 56.2 Å². The van der Waals surface area contributed by atoms with E-state index in [0.717, 1.165) is 35.0 Å². The van der Waals surface area contributed by atoms with Gasteiger partial charge in [-0.3, -0.25) is 19.5 Å². The Hall–Kier alpha value is -3.44. The van der Waals surface area contributed by atoms with E-state index in [1.165, 1.54) is 24.0 Å². The molecule has 17 heteroatoms. The van der Waals surface area contributed by atoms with Gasteiger partial charge in [0.25, 0.3) is 11.8 Å². The second kappa shape index (κ2) is 16.7. The normalized spacial score (nSPS) is 19.5. The molecule has 2 aromatic heterocycles. The van der Waals surface area contributed by atoms with Crippen molar-refractivity contribution in [2.24, 2.45) is 0 Å². The van der Waals surface area contributed by atoms with Crippen LogP contribution in [0.3, 0.4) is 0 Å². The fraction of sp³-hybridized carbons (Fsp3) is 0.514. The van der Waals surface area contributed by atoms with Gasteiger partial charge in [-0.05, 0) is 48.6 Å². The standard InChI is InChI=1S/C35H39ClF6N4O5S/c1-49-16-14-44(15-17-50-2)12-8-29-33(51-26-19-30(52-22-26)35(40,41)42,32(48)45-13-7-23-18-25(36)5-4-24(23)21-45)9-3-11-46(29)31(47)27-20-43-10-6-28(27)34(37,38)39/h4-6,10,18-20,22,29H,3,7-9,11-17,21H2,1-2H3/t29-,33+/m1/s1. The average Bonchev–Trinajstić information content (AvgIpc) is 3.59. The van der Waals surface area contributed by atoms with Crippen molar-refractivity contribution in [1.82, 2.24) is 19.7 Å². The smallest absolute Gasteiger partial charge is 0.425 e. The summed E-state index contributed by atoms with van der Waals surface area (Å²) in [7, 11) is 3.06. The first kappa shape index (κ1) is 39.8. The van der Waals surface area contributed by atoms with Gasteiger partial charge in [0, 0.05) is 88.8 Å². The third-order valence-corrected chi connectivity index (χ3v) is 10.6. The lowest BCUT2D eigenvalue weighted by molar-refractivity contribution is -0.160. The van der Waals surface area contributed by atoms with E-state index in [-0.39, 0.29) is 51.2 Å². The van der Waals surface area contributed by atoms with Crippen LogP contribution in [0.2, 0.25) is 5.02 Å². The number of rotatable bonds is 13. The number of piperidine rings is 1. The molecule has 52 heavy (non-hydrogen) atoms. The molecule has 284 valence electrons. The van der Waals surface area contributed by atoms with Gasteiger partial charge in [0.15, 0.2) is 0 Å². The maximum Gasteiger partial charge on any atom is 0.425 e. The number of ether oxygens (including phenoxy) is 3. The highest BCUT2D eigenvalue weighted by Gasteiger charge is 2.56. The van der Waals surface area contributed by atoms with Gasteiger partial charge in [-0.2, -0.15) is 26.3 Å². The average molecular weight is 777 g/mol. The van der Waals surface area contributed by atoms with E-state index in [4.69, 9.17) is 25.8 Å². The highest BCUT2D eigenvalue weighted by Crippen LogP contribution is 2.43. The van der Waals surface area contributed by atoms with Crippen LogP contribution in [0.1, 0.15) is 51.2 Å². The Morgan fingerprint density at radius 1 is 1.00 bits per heavy atom. The number of hydrogen-bond donors (Lipinski definition) is 0. The third kappa shape index (κ3) is 9.01. The summed E-state index contributed by atoms with van der Waals surface area (Å²) < 4.78 is 101. The molecule has 0 radical (unpaired) electrons. The monoisotopic (exact) mass is 776 g/mol. The molecule has 2 aliphatic heterocycles. The first-order valence-electron chi connectivity index (χ1n) is 16.6. The zero-order chi connectivity index (χ0) is 37.7. The number of likely N-dealkylation sites (tertiary alicyclic amines) is 1. The predicted octanol–water partition coefficient (Wildman–Crippen LogP) is 6.83. The molecule has 4 heterocycles. The molecule has 1 fully saturated rings. The summed E-state index contributed by atoms with van der Waals surface area (Å²) in [5.74, 6) is -1.84. The van der Waals surface area contributed by atoms with Crippen LogP contribution < -0.4 is 4.74 Å². The lowest BCUT2D eigenvalue weighted by atomic mass is 9.79. The summed E-state index contributed by atoms with van der Waals surface area (Å²) in [6.45, 7) is 2.03. The number of thiophene rings is 1. The Morgan fingerprint density at radius 2 is 1.73 bits per heavy atom. The lowest BCUT2D eigenvalue weighted by Crippen LogP contribution is -2.68. The number of methoxy groups -OCH3 is 2. The summed E-state index contributed by atoms with van der Waals surface area (Å²) in [4.78, 5) is 36.9. The molecule has 3 aromatic rings. The van der Waals surface area contributed by atoms with Crippen LogP contribution in [-0.2, 0) is 39.6 Å². The Kier molecular flexibility index (Phi) is 12.8. The summed E-state index contributed by atoms with van der Waals surface area (Å²) in [6.07, 6.45) is -7.27. The summed E-state index contributed by atoms with van der Waals surface area (Å²) in [5.41, 5.74) is -2.14. The summed E-state index contributed by atoms with van der Waals surface area (Å²) >= 11 is 6.60. The second-order valence-corrected chi connectivity index (χ2v) is 14.0. The molecule has 5 rings (SSSR count). The molecule has 0 N–H and O–H groups in total. The quantitative estimate of drug-likeness (QED) is 0.176. The van der Waals surface area contributed by atoms with Crippen molar-refractivity contribution in [3.8, 4) is 5.75 Å². The number of nitrogens with zero attached hydrogens (tertiary/aromatic N) is 4. The minimum Gasteiger partial charge on any atom is -0.474 e. The van der Waals surface area contributed by atoms with Crippen molar-refractivity contribution >= 4 is 34.8 Å². The molecular formula is C35H39ClF6N4O5S. The molecule has 0 spiro atoms. The second-order valence-electron chi connectivity index (χ2n) is 12.7. The number of carbonyl (C=O) groups excluding carboxylic acids is 2. The number of alkyl halides is 6. The molecule has 2 atom stereocenters. The summed E-state index contributed by atoms with van der Waals surface area (Å²) in [5, 5.41) is 1.67. The fourth-order valence-electron chi connectivity index (χ4n) is 6.87. The molecule has 1 aromatic carbocycles. The topological polar surface area (TPSA) is 84.4 Å². The molecule has 0 aliphatic carbocycles. The van der Waals surface area contributed by atoms with E-state index in [1.807, 2.05) is 4.90 Å². The van der Waals surface area contributed by atoms with Crippen LogP contribution in [0.25, 0.3) is 0 Å². The van der Waals surface area contributed by atoms with E-state index in [1.54, 1.807) is 18.2 Å². The number of hydrogen-bond acceptors (Lipinski definition) is 8. The van der Waals surface area contributed by atoms with Gasteiger partial charge in [-0.15, -0.1) is 11.3 Å². The van der Waals surface area contributed by atoms with E-state index in [0.29, 0.717) is 55.1 Å². The number of pyridine rings is 1. The van der Waals surface area contributed by atoms with Crippen molar-refractivity contribution in [1.29, 1.82) is 0 Å². The molecule has 9 nitrogen and oxygen atoms in total. The van der Waals surface area contributed by atoms with Crippen LogP contribution in [0.15, 0.2) is 48.1 Å². The Morgan fingerprint density at radius 3 is 2.38 bits per heavy atom. The zero-order valence-electron chi connectivity index (χ0n) is 28.6. The number of amides is 2. The number of carbonyl (C=O) groups is 2. The maximum atomic E-state index is 15.1. The number of aromatic nitrogens is 1. The van der Waals surface area contributed by atoms with E-state index >= 15 is 4.79 Å². The molecule has 0 bridgehead atoms. The van der Waals surface area contributed by atoms with Gasteiger partial charge in [-0.1, -0.05) is 17.7 Å². The minimum absolute atomic E-state index is 0.0167. The zero-order valence-corrected chi connectivity index (χ0v) is 30.1. The van der Waals surface area contributed by atoms with Crippen molar-refractivity contribution < 1.29 is 50.1 Å². The third-order valence-electron chi connectivity index (χ3n) is 9.41.